The summed E-state index contributed by atoms with van der Waals surface area (Å²) in [5.41, 5.74) is 3.64. The van der Waals surface area contributed by atoms with E-state index in [9.17, 15) is 0 Å². The van der Waals surface area contributed by atoms with E-state index in [1.165, 1.54) is 34.9 Å². The van der Waals surface area contributed by atoms with Gasteiger partial charge in [-0.25, -0.2) is 0 Å². The zero-order chi connectivity index (χ0) is 18.1. The van der Waals surface area contributed by atoms with E-state index in [1.807, 2.05) is 12.1 Å². The third-order valence-corrected chi connectivity index (χ3v) is 6.09. The molecule has 1 aromatic heterocycles. The molecule has 0 spiro atoms. The number of nitrogens with zero attached hydrogens (tertiary/aromatic N) is 2. The molecule has 4 rings (SSSR count). The average molecular weight is 383 g/mol. The maximum absolute atomic E-state index is 6.02. The molecule has 0 aliphatic carbocycles. The van der Waals surface area contributed by atoms with Crippen LogP contribution in [0.1, 0.15) is 30.9 Å². The molecule has 1 aliphatic rings. The van der Waals surface area contributed by atoms with E-state index in [2.05, 4.69) is 59.0 Å². The number of likely N-dealkylation sites (tertiary alicyclic amines) is 1. The highest BCUT2D eigenvalue weighted by molar-refractivity contribution is 7.80. The van der Waals surface area contributed by atoms with Gasteiger partial charge >= 0.3 is 0 Å². The van der Waals surface area contributed by atoms with Crippen LogP contribution in [-0.2, 0) is 6.54 Å². The Kier molecular flexibility index (Phi) is 5.01. The molecule has 0 atom stereocenters. The van der Waals surface area contributed by atoms with Gasteiger partial charge in [-0.3, -0.25) is 0 Å². The lowest BCUT2D eigenvalue weighted by Gasteiger charge is -2.32. The number of para-hydroxylation sites is 1. The summed E-state index contributed by atoms with van der Waals surface area (Å²) >= 11 is 11.9. The van der Waals surface area contributed by atoms with E-state index >= 15 is 0 Å². The van der Waals surface area contributed by atoms with Crippen LogP contribution in [-0.4, -0.2) is 27.5 Å². The molecule has 4 heteroatoms. The van der Waals surface area contributed by atoms with Crippen molar-refractivity contribution < 1.29 is 0 Å². The molecular formula is C22H23ClN2S. The van der Waals surface area contributed by atoms with E-state index in [1.54, 1.807) is 0 Å². The third-order valence-electron chi connectivity index (χ3n) is 5.36. The van der Waals surface area contributed by atoms with Crippen LogP contribution in [0.5, 0.6) is 0 Å². The number of halogens is 1. The van der Waals surface area contributed by atoms with Gasteiger partial charge in [0.05, 0.1) is 0 Å². The highest BCUT2D eigenvalue weighted by Crippen LogP contribution is 2.26. The molecule has 1 saturated heterocycles. The summed E-state index contributed by atoms with van der Waals surface area (Å²) in [6.45, 7) is 5.28. The van der Waals surface area contributed by atoms with Crippen molar-refractivity contribution in [3.8, 4) is 0 Å². The summed E-state index contributed by atoms with van der Waals surface area (Å²) in [6.07, 6.45) is 4.67. The summed E-state index contributed by atoms with van der Waals surface area (Å²) in [7, 11) is 0. The van der Waals surface area contributed by atoms with Crippen molar-refractivity contribution in [3.05, 3.63) is 70.9 Å². The van der Waals surface area contributed by atoms with Crippen LogP contribution >= 0.6 is 23.8 Å². The van der Waals surface area contributed by atoms with E-state index in [0.29, 0.717) is 0 Å². The number of piperidine rings is 1. The average Bonchev–Trinajstić information content (AvgIpc) is 3.02. The zero-order valence-corrected chi connectivity index (χ0v) is 16.6. The van der Waals surface area contributed by atoms with Crippen LogP contribution in [0.3, 0.4) is 0 Å². The van der Waals surface area contributed by atoms with Crippen molar-refractivity contribution >= 4 is 39.7 Å². The Labute approximate surface area is 165 Å². The van der Waals surface area contributed by atoms with Gasteiger partial charge in [0, 0.05) is 47.3 Å². The van der Waals surface area contributed by atoms with Crippen molar-refractivity contribution in [3.63, 3.8) is 0 Å². The monoisotopic (exact) mass is 382 g/mol. The standard InChI is InChI=1S/C22H23ClN2S/c1-16-10-12-24(13-11-16)22(26)20-15-25(21-5-3-2-4-19(20)21)14-17-6-8-18(23)9-7-17/h2-9,15-16H,10-14H2,1H3. The Balaban J connectivity index is 1.67. The van der Waals surface area contributed by atoms with Gasteiger partial charge < -0.3 is 9.47 Å². The minimum absolute atomic E-state index is 0.771. The Bertz CT molecular complexity index is 921. The molecule has 0 radical (unpaired) electrons. The van der Waals surface area contributed by atoms with Gasteiger partial charge in [0.25, 0.3) is 0 Å². The Morgan fingerprint density at radius 1 is 1.08 bits per heavy atom. The number of thiocarbonyl (C=S) groups is 1. The molecule has 0 unspecified atom stereocenters. The molecule has 1 fully saturated rings. The topological polar surface area (TPSA) is 8.17 Å². The van der Waals surface area contributed by atoms with Crippen LogP contribution in [0.15, 0.2) is 54.7 Å². The van der Waals surface area contributed by atoms with Crippen molar-refractivity contribution in [1.82, 2.24) is 9.47 Å². The van der Waals surface area contributed by atoms with Gasteiger partial charge in [-0.2, -0.15) is 0 Å². The number of aromatic nitrogens is 1. The molecule has 0 N–H and O–H groups in total. The number of rotatable bonds is 3. The Morgan fingerprint density at radius 3 is 2.50 bits per heavy atom. The second kappa shape index (κ2) is 7.42. The predicted octanol–water partition coefficient (Wildman–Crippen LogP) is 5.75. The summed E-state index contributed by atoms with van der Waals surface area (Å²) < 4.78 is 2.30. The van der Waals surface area contributed by atoms with E-state index in [0.717, 1.165) is 35.6 Å². The van der Waals surface area contributed by atoms with Crippen molar-refractivity contribution in [2.75, 3.05) is 13.1 Å². The normalized spacial score (nSPS) is 15.5. The molecule has 0 amide bonds. The van der Waals surface area contributed by atoms with Gasteiger partial charge in [0.2, 0.25) is 0 Å². The summed E-state index contributed by atoms with van der Waals surface area (Å²) in [5, 5.41) is 2.01. The lowest BCUT2D eigenvalue weighted by atomic mass is 9.99. The molecule has 2 aromatic carbocycles. The van der Waals surface area contributed by atoms with Gasteiger partial charge in [0.15, 0.2) is 0 Å². The highest BCUT2D eigenvalue weighted by atomic mass is 35.5. The van der Waals surface area contributed by atoms with Gasteiger partial charge in [-0.15, -0.1) is 0 Å². The zero-order valence-electron chi connectivity index (χ0n) is 15.0. The maximum Gasteiger partial charge on any atom is 0.111 e. The van der Waals surface area contributed by atoms with E-state index in [-0.39, 0.29) is 0 Å². The molecular weight excluding hydrogens is 360 g/mol. The fraction of sp³-hybridized carbons (Fsp3) is 0.318. The smallest absolute Gasteiger partial charge is 0.111 e. The van der Waals surface area contributed by atoms with Gasteiger partial charge in [-0.05, 0) is 42.5 Å². The summed E-state index contributed by atoms with van der Waals surface area (Å²) in [6, 6.07) is 16.6. The van der Waals surface area contributed by atoms with Crippen LogP contribution in [0, 0.1) is 5.92 Å². The van der Waals surface area contributed by atoms with Crippen LogP contribution in [0.2, 0.25) is 5.02 Å². The second-order valence-corrected chi connectivity index (χ2v) is 8.11. The Morgan fingerprint density at radius 2 is 1.77 bits per heavy atom. The molecule has 134 valence electrons. The molecule has 3 aromatic rings. The molecule has 2 heterocycles. The van der Waals surface area contributed by atoms with Crippen LogP contribution in [0.4, 0.5) is 0 Å². The second-order valence-electron chi connectivity index (χ2n) is 7.29. The largest absolute Gasteiger partial charge is 0.362 e. The number of hydrogen-bond donors (Lipinski definition) is 0. The Hall–Kier alpha value is -1.84. The number of fused-ring (bicyclic) bond motifs is 1. The molecule has 0 bridgehead atoms. The summed E-state index contributed by atoms with van der Waals surface area (Å²) in [5.74, 6) is 0.806. The van der Waals surface area contributed by atoms with E-state index in [4.69, 9.17) is 23.8 Å². The van der Waals surface area contributed by atoms with Crippen molar-refractivity contribution in [2.24, 2.45) is 5.92 Å². The highest BCUT2D eigenvalue weighted by Gasteiger charge is 2.21. The quantitative estimate of drug-likeness (QED) is 0.533. The van der Waals surface area contributed by atoms with Gasteiger partial charge in [0.1, 0.15) is 4.99 Å². The lowest BCUT2D eigenvalue weighted by Crippen LogP contribution is -2.37. The van der Waals surface area contributed by atoms with Crippen molar-refractivity contribution in [2.45, 2.75) is 26.3 Å². The fourth-order valence-electron chi connectivity index (χ4n) is 3.72. The first-order chi connectivity index (χ1) is 12.6. The summed E-state index contributed by atoms with van der Waals surface area (Å²) in [4.78, 5) is 3.37. The van der Waals surface area contributed by atoms with E-state index < -0.39 is 0 Å². The number of hydrogen-bond acceptors (Lipinski definition) is 1. The fourth-order valence-corrected chi connectivity index (χ4v) is 4.19. The predicted molar refractivity (Wildman–Crippen MR) is 114 cm³/mol. The third kappa shape index (κ3) is 3.51. The first-order valence-electron chi connectivity index (χ1n) is 9.23. The van der Waals surface area contributed by atoms with Crippen molar-refractivity contribution in [1.29, 1.82) is 0 Å². The van der Waals surface area contributed by atoms with Gasteiger partial charge in [-0.1, -0.05) is 61.1 Å². The minimum Gasteiger partial charge on any atom is -0.362 e. The van der Waals surface area contributed by atoms with Crippen LogP contribution in [0.25, 0.3) is 10.9 Å². The SMILES string of the molecule is CC1CCN(C(=S)c2cn(Cc3ccc(Cl)cc3)c3ccccc23)CC1. The maximum atomic E-state index is 6.02. The number of benzene rings is 2. The molecule has 2 nitrogen and oxygen atoms in total. The minimum atomic E-state index is 0.771. The van der Waals surface area contributed by atoms with Crippen LogP contribution < -0.4 is 0 Å². The lowest BCUT2D eigenvalue weighted by molar-refractivity contribution is 0.284. The first kappa shape index (κ1) is 17.6. The molecule has 26 heavy (non-hydrogen) atoms. The molecule has 1 aliphatic heterocycles. The first-order valence-corrected chi connectivity index (χ1v) is 10.0. The molecule has 0 saturated carbocycles.